The van der Waals surface area contributed by atoms with Crippen molar-refractivity contribution in [3.05, 3.63) is 0 Å². The van der Waals surface area contributed by atoms with Crippen LogP contribution in [-0.4, -0.2) is 23.5 Å². The van der Waals surface area contributed by atoms with Gasteiger partial charge in [0.05, 0.1) is 0 Å². The highest BCUT2D eigenvalue weighted by Gasteiger charge is 2.39. The van der Waals surface area contributed by atoms with Gasteiger partial charge in [-0.2, -0.15) is 0 Å². The van der Waals surface area contributed by atoms with E-state index in [0.29, 0.717) is 0 Å². The highest BCUT2D eigenvalue weighted by atomic mass is 15.3. The second kappa shape index (κ2) is 1.47. The molecule has 0 aromatic carbocycles. The maximum atomic E-state index is 2.60. The molecule has 2 saturated heterocycles. The molecule has 0 saturated carbocycles. The van der Waals surface area contributed by atoms with Gasteiger partial charge in [0.1, 0.15) is 0 Å². The SMILES string of the molecule is CC1CCCC2CN12. The summed E-state index contributed by atoms with van der Waals surface area (Å²) in [5.41, 5.74) is 0. The van der Waals surface area contributed by atoms with E-state index in [1.165, 1.54) is 25.8 Å². The average Bonchev–Trinajstić information content (AvgIpc) is 2.45. The highest BCUT2D eigenvalue weighted by molar-refractivity contribution is 4.95. The van der Waals surface area contributed by atoms with E-state index in [2.05, 4.69) is 11.8 Å². The molecule has 0 bridgehead atoms. The van der Waals surface area contributed by atoms with Crippen molar-refractivity contribution in [2.45, 2.75) is 38.3 Å². The van der Waals surface area contributed by atoms with E-state index in [1.807, 2.05) is 0 Å². The summed E-state index contributed by atoms with van der Waals surface area (Å²) in [5, 5.41) is 0. The molecular weight excluding hydrogens is 98.1 g/mol. The summed E-state index contributed by atoms with van der Waals surface area (Å²) in [7, 11) is 0. The lowest BCUT2D eigenvalue weighted by Gasteiger charge is -2.18. The van der Waals surface area contributed by atoms with Crippen LogP contribution < -0.4 is 0 Å². The summed E-state index contributed by atoms with van der Waals surface area (Å²) >= 11 is 0. The number of nitrogens with zero attached hydrogens (tertiary/aromatic N) is 1. The standard InChI is InChI=1S/C7H13N/c1-6-3-2-4-7-5-8(6)7/h6-7H,2-5H2,1H3. The fourth-order valence-corrected chi connectivity index (χ4v) is 1.81. The van der Waals surface area contributed by atoms with Crippen LogP contribution in [0, 0.1) is 0 Å². The van der Waals surface area contributed by atoms with Crippen LogP contribution in [0.5, 0.6) is 0 Å². The Labute approximate surface area is 50.7 Å². The third kappa shape index (κ3) is 0.576. The first-order chi connectivity index (χ1) is 3.88. The van der Waals surface area contributed by atoms with Crippen molar-refractivity contribution in [3.8, 4) is 0 Å². The lowest BCUT2D eigenvalue weighted by atomic mass is 10.1. The molecule has 1 nitrogen and oxygen atoms in total. The Morgan fingerprint density at radius 3 is 2.88 bits per heavy atom. The topological polar surface area (TPSA) is 3.01 Å². The van der Waals surface area contributed by atoms with E-state index >= 15 is 0 Å². The van der Waals surface area contributed by atoms with Crippen LogP contribution in [0.1, 0.15) is 26.2 Å². The predicted octanol–water partition coefficient (Wildman–Crippen LogP) is 1.24. The molecule has 2 aliphatic rings. The molecule has 8 heavy (non-hydrogen) atoms. The maximum absolute atomic E-state index is 2.60. The van der Waals surface area contributed by atoms with Crippen molar-refractivity contribution in [2.75, 3.05) is 6.54 Å². The summed E-state index contributed by atoms with van der Waals surface area (Å²) in [4.78, 5) is 2.60. The van der Waals surface area contributed by atoms with E-state index in [-0.39, 0.29) is 0 Å². The number of rotatable bonds is 0. The number of piperidine rings is 1. The zero-order valence-corrected chi connectivity index (χ0v) is 5.43. The van der Waals surface area contributed by atoms with Crippen LogP contribution in [0.25, 0.3) is 0 Å². The van der Waals surface area contributed by atoms with Gasteiger partial charge >= 0.3 is 0 Å². The first-order valence-electron chi connectivity index (χ1n) is 3.63. The molecule has 2 rings (SSSR count). The molecule has 2 heterocycles. The third-order valence-electron chi connectivity index (χ3n) is 2.48. The predicted molar refractivity (Wildman–Crippen MR) is 33.8 cm³/mol. The molecule has 0 aliphatic carbocycles. The largest absolute Gasteiger partial charge is 0.295 e. The monoisotopic (exact) mass is 111 g/mol. The first-order valence-corrected chi connectivity index (χ1v) is 3.63. The zero-order valence-electron chi connectivity index (χ0n) is 5.43. The van der Waals surface area contributed by atoms with Gasteiger partial charge in [0.25, 0.3) is 0 Å². The van der Waals surface area contributed by atoms with Crippen molar-refractivity contribution in [3.63, 3.8) is 0 Å². The normalized spacial score (nSPS) is 52.9. The molecule has 3 unspecified atom stereocenters. The first kappa shape index (κ1) is 4.80. The fourth-order valence-electron chi connectivity index (χ4n) is 1.81. The molecule has 3 atom stereocenters. The Balaban J connectivity index is 1.99. The fraction of sp³-hybridized carbons (Fsp3) is 1.00. The second-order valence-corrected chi connectivity index (χ2v) is 3.13. The number of hydrogen-bond acceptors (Lipinski definition) is 1. The van der Waals surface area contributed by atoms with Gasteiger partial charge in [-0.05, 0) is 19.8 Å². The summed E-state index contributed by atoms with van der Waals surface area (Å²) in [6.07, 6.45) is 4.39. The van der Waals surface area contributed by atoms with E-state index in [0.717, 1.165) is 12.1 Å². The molecule has 0 radical (unpaired) electrons. The molecule has 46 valence electrons. The zero-order chi connectivity index (χ0) is 5.56. The maximum Gasteiger partial charge on any atom is 0.0226 e. The van der Waals surface area contributed by atoms with Crippen LogP contribution in [0.2, 0.25) is 0 Å². The Morgan fingerprint density at radius 1 is 1.38 bits per heavy atom. The van der Waals surface area contributed by atoms with Gasteiger partial charge in [0.15, 0.2) is 0 Å². The molecule has 2 aliphatic heterocycles. The molecule has 1 heteroatoms. The molecular formula is C7H13N. The van der Waals surface area contributed by atoms with Gasteiger partial charge < -0.3 is 0 Å². The van der Waals surface area contributed by atoms with Gasteiger partial charge in [-0.15, -0.1) is 0 Å². The summed E-state index contributed by atoms with van der Waals surface area (Å²) in [6.45, 7) is 3.75. The van der Waals surface area contributed by atoms with Gasteiger partial charge in [-0.25, -0.2) is 0 Å². The minimum absolute atomic E-state index is 0.911. The third-order valence-corrected chi connectivity index (χ3v) is 2.48. The Morgan fingerprint density at radius 2 is 2.25 bits per heavy atom. The minimum Gasteiger partial charge on any atom is -0.295 e. The van der Waals surface area contributed by atoms with Gasteiger partial charge in [0, 0.05) is 18.6 Å². The quantitative estimate of drug-likeness (QED) is 0.425. The number of fused-ring (bicyclic) bond motifs is 1. The van der Waals surface area contributed by atoms with Crippen LogP contribution in [0.15, 0.2) is 0 Å². The van der Waals surface area contributed by atoms with E-state index in [9.17, 15) is 0 Å². The van der Waals surface area contributed by atoms with Crippen molar-refractivity contribution in [1.29, 1.82) is 0 Å². The van der Waals surface area contributed by atoms with E-state index < -0.39 is 0 Å². The highest BCUT2D eigenvalue weighted by Crippen LogP contribution is 2.32. The van der Waals surface area contributed by atoms with E-state index in [1.54, 1.807) is 0 Å². The molecule has 0 spiro atoms. The molecule has 0 aromatic rings. The van der Waals surface area contributed by atoms with Gasteiger partial charge in [0.2, 0.25) is 0 Å². The van der Waals surface area contributed by atoms with Crippen LogP contribution in [0.3, 0.4) is 0 Å². The summed E-state index contributed by atoms with van der Waals surface area (Å²) in [5.74, 6) is 0. The smallest absolute Gasteiger partial charge is 0.0226 e. The van der Waals surface area contributed by atoms with Crippen LogP contribution in [0.4, 0.5) is 0 Å². The van der Waals surface area contributed by atoms with E-state index in [4.69, 9.17) is 0 Å². The lowest BCUT2D eigenvalue weighted by molar-refractivity contribution is 0.314. The second-order valence-electron chi connectivity index (χ2n) is 3.13. The number of hydrogen-bond donors (Lipinski definition) is 0. The van der Waals surface area contributed by atoms with Crippen LogP contribution in [-0.2, 0) is 0 Å². The van der Waals surface area contributed by atoms with Gasteiger partial charge in [-0.3, -0.25) is 4.90 Å². The van der Waals surface area contributed by atoms with Gasteiger partial charge in [-0.1, -0.05) is 6.42 Å². The summed E-state index contributed by atoms with van der Waals surface area (Å²) < 4.78 is 0. The Kier molecular flexibility index (Phi) is 0.884. The molecule has 0 N–H and O–H groups in total. The van der Waals surface area contributed by atoms with Crippen molar-refractivity contribution in [1.82, 2.24) is 4.90 Å². The molecule has 0 amide bonds. The summed E-state index contributed by atoms with van der Waals surface area (Å²) in [6, 6.07) is 1.92. The lowest BCUT2D eigenvalue weighted by Crippen LogP contribution is -2.20. The molecule has 0 aromatic heterocycles. The van der Waals surface area contributed by atoms with Crippen molar-refractivity contribution >= 4 is 0 Å². The Bertz CT molecular complexity index is 101. The minimum atomic E-state index is 0.911. The molecule has 2 fully saturated rings. The Hall–Kier alpha value is -0.0400. The van der Waals surface area contributed by atoms with Crippen LogP contribution >= 0.6 is 0 Å². The van der Waals surface area contributed by atoms with Crippen molar-refractivity contribution < 1.29 is 0 Å². The van der Waals surface area contributed by atoms with Crippen molar-refractivity contribution in [2.24, 2.45) is 0 Å². The average molecular weight is 111 g/mol.